The van der Waals surface area contributed by atoms with E-state index in [1.165, 1.54) is 25.7 Å². The van der Waals surface area contributed by atoms with E-state index in [1.54, 1.807) is 0 Å². The lowest BCUT2D eigenvalue weighted by molar-refractivity contribution is 0.0628. The molecular formula is C9H15NS. The molecule has 0 amide bonds. The third-order valence-corrected chi connectivity index (χ3v) is 5.55. The number of rotatable bonds is 0. The summed E-state index contributed by atoms with van der Waals surface area (Å²) in [6, 6.07) is 1.90. The van der Waals surface area contributed by atoms with Gasteiger partial charge in [-0.1, -0.05) is 0 Å². The molecule has 0 N–H and O–H groups in total. The Bertz CT molecular complexity index is 160. The Hall–Kier alpha value is 0.310. The molecule has 0 aliphatic carbocycles. The normalized spacial score (nSPS) is 55.4. The molecule has 11 heavy (non-hydrogen) atoms. The van der Waals surface area contributed by atoms with Gasteiger partial charge in [-0.25, -0.2) is 0 Å². The van der Waals surface area contributed by atoms with Gasteiger partial charge in [0, 0.05) is 22.6 Å². The third-order valence-electron chi connectivity index (χ3n) is 3.75. The lowest BCUT2D eigenvalue weighted by Crippen LogP contribution is -2.62. The molecule has 5 saturated heterocycles. The Morgan fingerprint density at radius 3 is 1.91 bits per heavy atom. The van der Waals surface area contributed by atoms with Crippen molar-refractivity contribution < 1.29 is 0 Å². The molecule has 4 unspecified atom stereocenters. The summed E-state index contributed by atoms with van der Waals surface area (Å²) < 4.78 is 0. The van der Waals surface area contributed by atoms with E-state index in [0.717, 1.165) is 22.6 Å². The number of piperidine rings is 2. The molecule has 0 aromatic rings. The molecule has 0 aromatic carbocycles. The first kappa shape index (κ1) is 6.79. The smallest absolute Gasteiger partial charge is 0.0215 e. The zero-order valence-electron chi connectivity index (χ0n) is 6.99. The van der Waals surface area contributed by atoms with Crippen LogP contribution in [0.5, 0.6) is 0 Å². The standard InChI is InChI=1S/C9H15NS/c1-10-6-2-4-8-7(10)3-5-9(6)11-8/h6-9H,2-5H2,1H3. The molecule has 2 heteroatoms. The third kappa shape index (κ3) is 0.775. The lowest BCUT2D eigenvalue weighted by atomic mass is 9.83. The molecule has 62 valence electrons. The first-order valence-electron chi connectivity index (χ1n) is 4.73. The van der Waals surface area contributed by atoms with Gasteiger partial charge < -0.3 is 0 Å². The molecule has 0 spiro atoms. The molecule has 5 heterocycles. The van der Waals surface area contributed by atoms with Crippen LogP contribution in [-0.2, 0) is 0 Å². The van der Waals surface area contributed by atoms with Crippen LogP contribution in [0.1, 0.15) is 25.7 Å². The monoisotopic (exact) mass is 169 g/mol. The van der Waals surface area contributed by atoms with Crippen molar-refractivity contribution in [2.45, 2.75) is 48.3 Å². The van der Waals surface area contributed by atoms with Crippen molar-refractivity contribution in [2.24, 2.45) is 0 Å². The minimum Gasteiger partial charge on any atom is -0.298 e. The summed E-state index contributed by atoms with van der Waals surface area (Å²) in [5.74, 6) is 0. The van der Waals surface area contributed by atoms with Gasteiger partial charge in [0.05, 0.1) is 0 Å². The maximum absolute atomic E-state index is 2.67. The molecule has 0 aromatic heterocycles. The van der Waals surface area contributed by atoms with Crippen molar-refractivity contribution in [3.63, 3.8) is 0 Å². The summed E-state index contributed by atoms with van der Waals surface area (Å²) in [4.78, 5) is 2.67. The lowest BCUT2D eigenvalue weighted by Gasteiger charge is -2.57. The second kappa shape index (κ2) is 2.17. The zero-order valence-corrected chi connectivity index (χ0v) is 7.81. The van der Waals surface area contributed by atoms with Crippen LogP contribution >= 0.6 is 11.8 Å². The average molecular weight is 169 g/mol. The van der Waals surface area contributed by atoms with E-state index in [0.29, 0.717) is 0 Å². The van der Waals surface area contributed by atoms with Crippen LogP contribution in [0.3, 0.4) is 0 Å². The Morgan fingerprint density at radius 1 is 1.00 bits per heavy atom. The van der Waals surface area contributed by atoms with Gasteiger partial charge in [-0.05, 0) is 32.7 Å². The second-order valence-corrected chi connectivity index (χ2v) is 5.65. The Labute approximate surface area is 72.5 Å². The fourth-order valence-electron chi connectivity index (χ4n) is 3.15. The zero-order chi connectivity index (χ0) is 7.42. The number of fused-ring (bicyclic) bond motifs is 2. The van der Waals surface area contributed by atoms with Crippen LogP contribution in [0.2, 0.25) is 0 Å². The van der Waals surface area contributed by atoms with E-state index in [4.69, 9.17) is 0 Å². The van der Waals surface area contributed by atoms with Crippen LogP contribution in [0.15, 0.2) is 0 Å². The van der Waals surface area contributed by atoms with Crippen molar-refractivity contribution in [2.75, 3.05) is 7.05 Å². The largest absolute Gasteiger partial charge is 0.298 e. The van der Waals surface area contributed by atoms with Crippen molar-refractivity contribution in [1.82, 2.24) is 4.90 Å². The maximum atomic E-state index is 2.67. The van der Waals surface area contributed by atoms with Gasteiger partial charge in [0.2, 0.25) is 0 Å². The number of hydrogen-bond donors (Lipinski definition) is 0. The fourth-order valence-corrected chi connectivity index (χ4v) is 5.16. The van der Waals surface area contributed by atoms with Gasteiger partial charge in [-0.2, -0.15) is 11.8 Å². The molecule has 0 radical (unpaired) electrons. The Morgan fingerprint density at radius 2 is 1.55 bits per heavy atom. The fraction of sp³-hybridized carbons (Fsp3) is 1.00. The van der Waals surface area contributed by atoms with Crippen molar-refractivity contribution in [1.29, 1.82) is 0 Å². The van der Waals surface area contributed by atoms with Crippen LogP contribution in [-0.4, -0.2) is 34.5 Å². The van der Waals surface area contributed by atoms with Crippen LogP contribution in [0.25, 0.3) is 0 Å². The summed E-state index contributed by atoms with van der Waals surface area (Å²) in [5, 5.41) is 2.01. The van der Waals surface area contributed by atoms with Crippen molar-refractivity contribution in [3.05, 3.63) is 0 Å². The van der Waals surface area contributed by atoms with Gasteiger partial charge >= 0.3 is 0 Å². The molecule has 4 atom stereocenters. The minimum absolute atomic E-state index is 0.948. The summed E-state index contributed by atoms with van der Waals surface area (Å²) in [6.45, 7) is 0. The van der Waals surface area contributed by atoms with E-state index in [9.17, 15) is 0 Å². The molecule has 5 rings (SSSR count). The van der Waals surface area contributed by atoms with E-state index >= 15 is 0 Å². The van der Waals surface area contributed by atoms with E-state index < -0.39 is 0 Å². The Balaban J connectivity index is 1.97. The van der Waals surface area contributed by atoms with Gasteiger partial charge in [0.1, 0.15) is 0 Å². The van der Waals surface area contributed by atoms with Crippen molar-refractivity contribution in [3.8, 4) is 0 Å². The maximum Gasteiger partial charge on any atom is 0.0215 e. The minimum atomic E-state index is 0.948. The first-order valence-corrected chi connectivity index (χ1v) is 5.68. The summed E-state index contributed by atoms with van der Waals surface area (Å²) in [6.07, 6.45) is 5.96. The van der Waals surface area contributed by atoms with Gasteiger partial charge in [-0.15, -0.1) is 0 Å². The highest BCUT2D eigenvalue weighted by atomic mass is 32.2. The molecule has 5 aliphatic heterocycles. The topological polar surface area (TPSA) is 3.24 Å². The van der Waals surface area contributed by atoms with Crippen LogP contribution in [0.4, 0.5) is 0 Å². The van der Waals surface area contributed by atoms with Crippen LogP contribution in [0, 0.1) is 0 Å². The molecule has 1 nitrogen and oxygen atoms in total. The molecule has 5 fully saturated rings. The Kier molecular flexibility index (Phi) is 1.34. The van der Waals surface area contributed by atoms with Gasteiger partial charge in [0.15, 0.2) is 0 Å². The van der Waals surface area contributed by atoms with E-state index in [1.807, 2.05) is 0 Å². The second-order valence-electron chi connectivity index (χ2n) is 4.17. The molecular weight excluding hydrogens is 154 g/mol. The van der Waals surface area contributed by atoms with Crippen molar-refractivity contribution >= 4 is 11.8 Å². The first-order chi connectivity index (χ1) is 5.36. The molecule has 0 saturated carbocycles. The van der Waals surface area contributed by atoms with Gasteiger partial charge in [-0.3, -0.25) is 4.90 Å². The average Bonchev–Trinajstić information content (AvgIpc) is 2.04. The predicted octanol–water partition coefficient (Wildman–Crippen LogP) is 1.73. The summed E-state index contributed by atoms with van der Waals surface area (Å²) in [7, 11) is 2.34. The highest BCUT2D eigenvalue weighted by molar-refractivity contribution is 8.00. The van der Waals surface area contributed by atoms with E-state index in [-0.39, 0.29) is 0 Å². The quantitative estimate of drug-likeness (QED) is 0.543. The summed E-state index contributed by atoms with van der Waals surface area (Å²) >= 11 is 2.29. The number of thioether (sulfide) groups is 1. The molecule has 4 bridgehead atoms. The number of nitrogens with zero attached hydrogens (tertiary/aromatic N) is 1. The predicted molar refractivity (Wildman–Crippen MR) is 49.0 cm³/mol. The highest BCUT2D eigenvalue weighted by Crippen LogP contribution is 2.50. The SMILES string of the molecule is CN1C2CCC3SC2CCC31. The molecule has 5 aliphatic rings. The summed E-state index contributed by atoms with van der Waals surface area (Å²) in [5.41, 5.74) is 0. The van der Waals surface area contributed by atoms with Gasteiger partial charge in [0.25, 0.3) is 0 Å². The van der Waals surface area contributed by atoms with Crippen LogP contribution < -0.4 is 0 Å². The van der Waals surface area contributed by atoms with E-state index in [2.05, 4.69) is 23.7 Å². The highest BCUT2D eigenvalue weighted by Gasteiger charge is 2.49. The number of hydrogen-bond acceptors (Lipinski definition) is 2.